The van der Waals surface area contributed by atoms with E-state index in [0.29, 0.717) is 21.5 Å². The molecule has 8 nitrogen and oxygen atoms in total. The number of halogens is 3. The third-order valence-electron chi connectivity index (χ3n) is 4.48. The lowest BCUT2D eigenvalue weighted by atomic mass is 10.0. The Labute approximate surface area is 182 Å². The summed E-state index contributed by atoms with van der Waals surface area (Å²) in [5.74, 6) is -1.95. The average molecular weight is 470 g/mol. The second-order valence-electron chi connectivity index (χ2n) is 6.55. The Hall–Kier alpha value is -3.02. The van der Waals surface area contributed by atoms with Crippen LogP contribution in [0.3, 0.4) is 0 Å². The van der Waals surface area contributed by atoms with Gasteiger partial charge >= 0.3 is 0 Å². The molecule has 0 aliphatic heterocycles. The summed E-state index contributed by atoms with van der Waals surface area (Å²) >= 11 is 5.76. The highest BCUT2D eigenvalue weighted by Gasteiger charge is 2.18. The van der Waals surface area contributed by atoms with Crippen LogP contribution in [0.25, 0.3) is 0 Å². The summed E-state index contributed by atoms with van der Waals surface area (Å²) < 4.78 is 56.7. The van der Waals surface area contributed by atoms with E-state index in [2.05, 4.69) is 10.3 Å². The van der Waals surface area contributed by atoms with Crippen LogP contribution in [0.4, 0.5) is 26.0 Å². The zero-order chi connectivity index (χ0) is 22.8. The molecule has 0 amide bonds. The van der Waals surface area contributed by atoms with E-state index in [-0.39, 0.29) is 22.7 Å². The smallest absolute Gasteiger partial charge is 0.300 e. The molecule has 0 saturated carbocycles. The van der Waals surface area contributed by atoms with E-state index in [9.17, 15) is 22.4 Å². The summed E-state index contributed by atoms with van der Waals surface area (Å²) in [7, 11) is -2.79. The third-order valence-corrected chi connectivity index (χ3v) is 5.71. The molecule has 0 spiro atoms. The maximum Gasteiger partial charge on any atom is 0.300 e. The summed E-state index contributed by atoms with van der Waals surface area (Å²) in [4.78, 5) is 3.71. The molecule has 0 fully saturated rings. The minimum absolute atomic E-state index is 0.0324. The Kier molecular flexibility index (Phi) is 6.58. The Morgan fingerprint density at radius 1 is 1.16 bits per heavy atom. The second-order valence-corrected chi connectivity index (χ2v) is 8.61. The van der Waals surface area contributed by atoms with Crippen molar-refractivity contribution in [3.8, 4) is 0 Å². The number of hydrogen-bond donors (Lipinski definition) is 3. The number of rotatable bonds is 7. The highest BCUT2D eigenvalue weighted by Crippen LogP contribution is 2.27. The lowest BCUT2D eigenvalue weighted by Gasteiger charge is -2.14. The van der Waals surface area contributed by atoms with Crippen molar-refractivity contribution in [2.75, 3.05) is 17.1 Å². The molecule has 2 heterocycles. The van der Waals surface area contributed by atoms with E-state index < -0.39 is 27.7 Å². The van der Waals surface area contributed by atoms with Crippen LogP contribution in [0.15, 0.2) is 42.9 Å². The van der Waals surface area contributed by atoms with E-state index in [1.54, 1.807) is 6.92 Å². The topological polar surface area (TPSA) is 110 Å². The van der Waals surface area contributed by atoms with Crippen molar-refractivity contribution < 1.29 is 21.9 Å². The van der Waals surface area contributed by atoms with Crippen molar-refractivity contribution >= 4 is 39.0 Å². The molecular weight excluding hydrogens is 452 g/mol. The van der Waals surface area contributed by atoms with Gasteiger partial charge in [-0.3, -0.25) is 4.72 Å². The van der Waals surface area contributed by atoms with Gasteiger partial charge in [0.2, 0.25) is 6.20 Å². The van der Waals surface area contributed by atoms with Crippen LogP contribution in [0.5, 0.6) is 0 Å². The number of nitrogens with zero attached hydrogens (tertiary/aromatic N) is 2. The quantitative estimate of drug-likeness (QED) is 0.363. The second kappa shape index (κ2) is 9.00. The van der Waals surface area contributed by atoms with Crippen LogP contribution in [0.1, 0.15) is 16.7 Å². The molecule has 3 rings (SSSR count). The molecule has 0 bridgehead atoms. The first kappa shape index (κ1) is 22.7. The molecule has 0 atom stereocenters. The van der Waals surface area contributed by atoms with E-state index in [4.69, 9.17) is 11.6 Å². The molecule has 3 N–H and O–H groups in total. The number of anilines is 3. The zero-order valence-electron chi connectivity index (χ0n) is 16.4. The Bertz CT molecular complexity index is 1240. The predicted molar refractivity (Wildman–Crippen MR) is 113 cm³/mol. The SMILES string of the molecule is CNS(=O)(=O)Nc1nccc(Cc2c[n+]([O-])cc(Nc3ccc(Cl)cc3F)c2C)c1F. The largest absolute Gasteiger partial charge is 0.619 e. The summed E-state index contributed by atoms with van der Waals surface area (Å²) in [5, 5.41) is 15.2. The summed E-state index contributed by atoms with van der Waals surface area (Å²) in [6, 6.07) is 5.44. The van der Waals surface area contributed by atoms with Gasteiger partial charge in [-0.05, 0) is 42.3 Å². The Morgan fingerprint density at radius 2 is 1.90 bits per heavy atom. The highest BCUT2D eigenvalue weighted by molar-refractivity contribution is 7.90. The van der Waals surface area contributed by atoms with E-state index in [0.717, 1.165) is 6.07 Å². The summed E-state index contributed by atoms with van der Waals surface area (Å²) in [5.41, 5.74) is 1.57. The molecule has 2 aromatic heterocycles. The number of pyridine rings is 2. The fraction of sp³-hybridized carbons (Fsp3) is 0.158. The van der Waals surface area contributed by atoms with Gasteiger partial charge < -0.3 is 10.5 Å². The van der Waals surface area contributed by atoms with Crippen molar-refractivity contribution in [3.63, 3.8) is 0 Å². The normalized spacial score (nSPS) is 11.4. The molecular formula is C19H18ClF2N5O3S. The summed E-state index contributed by atoms with van der Waals surface area (Å²) in [6.45, 7) is 1.69. The van der Waals surface area contributed by atoms with Crippen LogP contribution < -0.4 is 19.5 Å². The first-order valence-corrected chi connectivity index (χ1v) is 10.7. The molecule has 164 valence electrons. The van der Waals surface area contributed by atoms with E-state index in [1.165, 1.54) is 43.8 Å². The van der Waals surface area contributed by atoms with Crippen molar-refractivity contribution in [2.24, 2.45) is 0 Å². The monoisotopic (exact) mass is 469 g/mol. The first-order valence-electron chi connectivity index (χ1n) is 8.88. The van der Waals surface area contributed by atoms with Crippen LogP contribution in [-0.2, 0) is 16.6 Å². The molecule has 0 aliphatic carbocycles. The average Bonchev–Trinajstić information content (AvgIpc) is 2.70. The maximum atomic E-state index is 14.8. The lowest BCUT2D eigenvalue weighted by Crippen LogP contribution is -2.28. The molecule has 31 heavy (non-hydrogen) atoms. The fourth-order valence-electron chi connectivity index (χ4n) is 2.80. The number of hydrogen-bond acceptors (Lipinski definition) is 5. The van der Waals surface area contributed by atoms with Crippen molar-refractivity contribution in [1.82, 2.24) is 9.71 Å². The molecule has 0 unspecified atom stereocenters. The Morgan fingerprint density at radius 3 is 2.58 bits per heavy atom. The van der Waals surface area contributed by atoms with E-state index in [1.807, 2.05) is 9.44 Å². The zero-order valence-corrected chi connectivity index (χ0v) is 18.0. The van der Waals surface area contributed by atoms with Gasteiger partial charge in [-0.1, -0.05) is 11.6 Å². The van der Waals surface area contributed by atoms with Gasteiger partial charge in [-0.25, -0.2) is 18.5 Å². The van der Waals surface area contributed by atoms with Gasteiger partial charge in [0.1, 0.15) is 11.5 Å². The van der Waals surface area contributed by atoms with Gasteiger partial charge in [0.15, 0.2) is 17.8 Å². The van der Waals surface area contributed by atoms with Gasteiger partial charge in [0, 0.05) is 30.3 Å². The Balaban J connectivity index is 1.94. The fourth-order valence-corrected chi connectivity index (χ4v) is 3.46. The molecule has 0 radical (unpaired) electrons. The summed E-state index contributed by atoms with van der Waals surface area (Å²) in [6.07, 6.45) is 3.70. The first-order chi connectivity index (χ1) is 14.6. The van der Waals surface area contributed by atoms with Gasteiger partial charge in [-0.2, -0.15) is 13.1 Å². The molecule has 0 aliphatic rings. The number of nitrogens with one attached hydrogen (secondary N) is 3. The minimum Gasteiger partial charge on any atom is -0.619 e. The van der Waals surface area contributed by atoms with E-state index >= 15 is 0 Å². The molecule has 12 heteroatoms. The minimum atomic E-state index is -3.96. The number of aromatic nitrogens is 2. The van der Waals surface area contributed by atoms with Crippen molar-refractivity contribution in [1.29, 1.82) is 0 Å². The number of benzene rings is 1. The molecule has 1 aromatic carbocycles. The lowest BCUT2D eigenvalue weighted by molar-refractivity contribution is -0.605. The standard InChI is InChI=1S/C19H18ClF2N5O3S/c1-11-13(7-12-5-6-24-19(18(12)22)26-31(29,30)23-2)9-27(28)10-17(11)25-16-4-3-14(20)8-15(16)21/h3-6,8-10,23,25H,7H2,1-2H3,(H,24,26). The predicted octanol–water partition coefficient (Wildman–Crippen LogP) is 3.17. The van der Waals surface area contributed by atoms with Crippen LogP contribution in [0.2, 0.25) is 5.02 Å². The van der Waals surface area contributed by atoms with Gasteiger partial charge in [0.25, 0.3) is 10.2 Å². The highest BCUT2D eigenvalue weighted by atomic mass is 35.5. The van der Waals surface area contributed by atoms with Gasteiger partial charge in [-0.15, -0.1) is 0 Å². The van der Waals surface area contributed by atoms with Gasteiger partial charge in [0.05, 0.1) is 5.69 Å². The van der Waals surface area contributed by atoms with Crippen LogP contribution in [-0.4, -0.2) is 20.4 Å². The van der Waals surface area contributed by atoms with Crippen molar-refractivity contribution in [3.05, 3.63) is 81.4 Å². The van der Waals surface area contributed by atoms with Crippen LogP contribution >= 0.6 is 11.6 Å². The maximum absolute atomic E-state index is 14.8. The van der Waals surface area contributed by atoms with Crippen LogP contribution in [0, 0.1) is 23.8 Å². The third kappa shape index (κ3) is 5.37. The van der Waals surface area contributed by atoms with Crippen molar-refractivity contribution in [2.45, 2.75) is 13.3 Å². The molecule has 3 aromatic rings. The molecule has 0 saturated heterocycles.